The summed E-state index contributed by atoms with van der Waals surface area (Å²) in [6.07, 6.45) is 2.43. The van der Waals surface area contributed by atoms with Gasteiger partial charge in [-0.25, -0.2) is 4.98 Å². The third-order valence-corrected chi connectivity index (χ3v) is 4.78. The SMILES string of the molecule is CN(C)c1ncccc1O[C@H]1CCN(C(=O)c2sccc2C#N)C1. The maximum atomic E-state index is 12.6. The summed E-state index contributed by atoms with van der Waals surface area (Å²) in [4.78, 5) is 21.1. The number of hydrogen-bond donors (Lipinski definition) is 0. The number of carbonyl (C=O) groups excluding carboxylic acids is 1. The van der Waals surface area contributed by atoms with Gasteiger partial charge in [0.25, 0.3) is 5.91 Å². The maximum Gasteiger partial charge on any atom is 0.265 e. The van der Waals surface area contributed by atoms with E-state index in [2.05, 4.69) is 11.1 Å². The quantitative estimate of drug-likeness (QED) is 0.853. The van der Waals surface area contributed by atoms with Crippen LogP contribution >= 0.6 is 11.3 Å². The smallest absolute Gasteiger partial charge is 0.265 e. The largest absolute Gasteiger partial charge is 0.485 e. The lowest BCUT2D eigenvalue weighted by Crippen LogP contribution is -2.31. The number of nitrogens with zero attached hydrogens (tertiary/aromatic N) is 4. The van der Waals surface area contributed by atoms with Crippen LogP contribution in [0.2, 0.25) is 0 Å². The zero-order valence-corrected chi connectivity index (χ0v) is 14.4. The van der Waals surface area contributed by atoms with Crippen LogP contribution in [0.15, 0.2) is 29.8 Å². The first-order chi connectivity index (χ1) is 11.6. The van der Waals surface area contributed by atoms with Gasteiger partial charge in [-0.15, -0.1) is 11.3 Å². The first-order valence-corrected chi connectivity index (χ1v) is 8.54. The van der Waals surface area contributed by atoms with Crippen LogP contribution in [-0.2, 0) is 0 Å². The van der Waals surface area contributed by atoms with Crippen molar-refractivity contribution in [2.75, 3.05) is 32.1 Å². The first kappa shape index (κ1) is 16.3. The highest BCUT2D eigenvalue weighted by Crippen LogP contribution is 2.28. The van der Waals surface area contributed by atoms with Gasteiger partial charge in [0.1, 0.15) is 17.1 Å². The van der Waals surface area contributed by atoms with Gasteiger partial charge in [0.05, 0.1) is 12.1 Å². The molecular weight excluding hydrogens is 324 g/mol. The maximum absolute atomic E-state index is 12.6. The molecule has 1 aliphatic heterocycles. The number of ether oxygens (including phenoxy) is 1. The van der Waals surface area contributed by atoms with Crippen molar-refractivity contribution in [2.45, 2.75) is 12.5 Å². The van der Waals surface area contributed by atoms with E-state index in [0.717, 1.165) is 18.0 Å². The van der Waals surface area contributed by atoms with Crippen LogP contribution in [-0.4, -0.2) is 49.1 Å². The summed E-state index contributed by atoms with van der Waals surface area (Å²) in [5.41, 5.74) is 0.441. The van der Waals surface area contributed by atoms with Crippen LogP contribution in [0.3, 0.4) is 0 Å². The van der Waals surface area contributed by atoms with Crippen LogP contribution in [0.4, 0.5) is 5.82 Å². The molecule has 3 rings (SSSR count). The Labute approximate surface area is 144 Å². The van der Waals surface area contributed by atoms with Crippen LogP contribution < -0.4 is 9.64 Å². The zero-order valence-electron chi connectivity index (χ0n) is 13.6. The normalized spacial score (nSPS) is 16.7. The first-order valence-electron chi connectivity index (χ1n) is 7.66. The fourth-order valence-electron chi connectivity index (χ4n) is 2.71. The molecule has 1 fully saturated rings. The summed E-state index contributed by atoms with van der Waals surface area (Å²) in [5.74, 6) is 1.40. The molecule has 124 valence electrons. The molecular formula is C17H18N4O2S. The second-order valence-electron chi connectivity index (χ2n) is 5.77. The van der Waals surface area contributed by atoms with Crippen molar-refractivity contribution in [3.63, 3.8) is 0 Å². The number of pyridine rings is 1. The van der Waals surface area contributed by atoms with E-state index >= 15 is 0 Å². The Kier molecular flexibility index (Phi) is 4.67. The predicted octanol–water partition coefficient (Wildman–Crippen LogP) is 2.37. The van der Waals surface area contributed by atoms with Gasteiger partial charge in [0.2, 0.25) is 0 Å². The molecule has 0 saturated carbocycles. The third-order valence-electron chi connectivity index (χ3n) is 3.88. The van der Waals surface area contributed by atoms with Crippen LogP contribution in [0.25, 0.3) is 0 Å². The number of likely N-dealkylation sites (tertiary alicyclic amines) is 1. The molecule has 0 radical (unpaired) electrons. The molecule has 0 unspecified atom stereocenters. The molecule has 0 bridgehead atoms. The molecule has 1 aliphatic rings. The summed E-state index contributed by atoms with van der Waals surface area (Å²) in [6, 6.07) is 7.48. The lowest BCUT2D eigenvalue weighted by molar-refractivity contribution is 0.0777. The van der Waals surface area contributed by atoms with Crippen molar-refractivity contribution in [1.29, 1.82) is 5.26 Å². The minimum absolute atomic E-state index is 0.0673. The average molecular weight is 342 g/mol. The van der Waals surface area contributed by atoms with E-state index in [4.69, 9.17) is 10.00 Å². The van der Waals surface area contributed by atoms with Crippen molar-refractivity contribution in [3.05, 3.63) is 40.2 Å². The fourth-order valence-corrected chi connectivity index (χ4v) is 3.52. The van der Waals surface area contributed by atoms with E-state index in [0.29, 0.717) is 23.5 Å². The topological polar surface area (TPSA) is 69.5 Å². The number of aromatic nitrogens is 1. The van der Waals surface area contributed by atoms with Gasteiger partial charge >= 0.3 is 0 Å². The molecule has 0 aromatic carbocycles. The second-order valence-corrected chi connectivity index (χ2v) is 6.69. The van der Waals surface area contributed by atoms with E-state index < -0.39 is 0 Å². The van der Waals surface area contributed by atoms with Crippen molar-refractivity contribution in [3.8, 4) is 11.8 Å². The van der Waals surface area contributed by atoms with Crippen molar-refractivity contribution in [2.24, 2.45) is 0 Å². The van der Waals surface area contributed by atoms with Crippen molar-refractivity contribution in [1.82, 2.24) is 9.88 Å². The van der Waals surface area contributed by atoms with Gasteiger partial charge in [-0.1, -0.05) is 0 Å². The lowest BCUT2D eigenvalue weighted by Gasteiger charge is -2.20. The predicted molar refractivity (Wildman–Crippen MR) is 92.5 cm³/mol. The number of carbonyl (C=O) groups is 1. The Balaban J connectivity index is 1.68. The minimum atomic E-state index is -0.0910. The highest BCUT2D eigenvalue weighted by molar-refractivity contribution is 7.12. The highest BCUT2D eigenvalue weighted by Gasteiger charge is 2.30. The molecule has 24 heavy (non-hydrogen) atoms. The van der Waals surface area contributed by atoms with Gasteiger partial charge < -0.3 is 14.5 Å². The van der Waals surface area contributed by atoms with Crippen LogP contribution in [0.1, 0.15) is 21.7 Å². The third kappa shape index (κ3) is 3.19. The Morgan fingerprint density at radius 3 is 3.08 bits per heavy atom. The zero-order chi connectivity index (χ0) is 17.1. The van der Waals surface area contributed by atoms with Gasteiger partial charge in [0.15, 0.2) is 11.6 Å². The molecule has 0 aliphatic carbocycles. The molecule has 0 spiro atoms. The number of nitriles is 1. The number of rotatable bonds is 4. The van der Waals surface area contributed by atoms with E-state index in [1.54, 1.807) is 22.5 Å². The monoisotopic (exact) mass is 342 g/mol. The van der Waals surface area contributed by atoms with E-state index in [1.807, 2.05) is 31.1 Å². The standard InChI is InChI=1S/C17H18N4O2S/c1-20(2)16-14(4-3-7-19-16)23-13-5-8-21(11-13)17(22)15-12(10-18)6-9-24-15/h3-4,6-7,9,13H,5,8,11H2,1-2H3/t13-/m0/s1. The van der Waals surface area contributed by atoms with Gasteiger partial charge in [-0.3, -0.25) is 4.79 Å². The molecule has 2 aromatic rings. The molecule has 0 N–H and O–H groups in total. The molecule has 7 heteroatoms. The lowest BCUT2D eigenvalue weighted by atomic mass is 10.2. The Morgan fingerprint density at radius 2 is 2.33 bits per heavy atom. The minimum Gasteiger partial charge on any atom is -0.485 e. The molecule has 1 atom stereocenters. The van der Waals surface area contributed by atoms with Crippen LogP contribution in [0.5, 0.6) is 5.75 Å². The summed E-state index contributed by atoms with van der Waals surface area (Å²) >= 11 is 1.31. The van der Waals surface area contributed by atoms with E-state index in [9.17, 15) is 4.79 Å². The molecule has 1 amide bonds. The summed E-state index contributed by atoms with van der Waals surface area (Å²) in [7, 11) is 3.83. The summed E-state index contributed by atoms with van der Waals surface area (Å²) in [5, 5.41) is 10.9. The average Bonchev–Trinajstić information content (AvgIpc) is 3.23. The highest BCUT2D eigenvalue weighted by atomic mass is 32.1. The second kappa shape index (κ2) is 6.89. The number of anilines is 1. The Hall–Kier alpha value is -2.59. The van der Waals surface area contributed by atoms with Crippen molar-refractivity contribution >= 4 is 23.1 Å². The fraction of sp³-hybridized carbons (Fsp3) is 0.353. The summed E-state index contributed by atoms with van der Waals surface area (Å²) < 4.78 is 6.06. The van der Waals surface area contributed by atoms with E-state index in [-0.39, 0.29) is 12.0 Å². The van der Waals surface area contributed by atoms with Crippen LogP contribution in [0, 0.1) is 11.3 Å². The number of thiophene rings is 1. The molecule has 1 saturated heterocycles. The van der Waals surface area contributed by atoms with Gasteiger partial charge in [-0.2, -0.15) is 5.26 Å². The Bertz CT molecular complexity index is 781. The molecule has 3 heterocycles. The van der Waals surface area contributed by atoms with Gasteiger partial charge in [0, 0.05) is 33.3 Å². The van der Waals surface area contributed by atoms with E-state index in [1.165, 1.54) is 11.3 Å². The number of hydrogen-bond acceptors (Lipinski definition) is 6. The number of amides is 1. The molecule has 2 aromatic heterocycles. The summed E-state index contributed by atoms with van der Waals surface area (Å²) in [6.45, 7) is 1.15. The van der Waals surface area contributed by atoms with Gasteiger partial charge in [-0.05, 0) is 23.6 Å². The Morgan fingerprint density at radius 1 is 1.50 bits per heavy atom. The molecule has 6 nitrogen and oxygen atoms in total. The van der Waals surface area contributed by atoms with Crippen molar-refractivity contribution < 1.29 is 9.53 Å².